The molecule has 1 saturated carbocycles. The van der Waals surface area contributed by atoms with Gasteiger partial charge in [-0.25, -0.2) is 0 Å². The van der Waals surface area contributed by atoms with E-state index in [4.69, 9.17) is 9.47 Å². The number of rotatable bonds is 3. The minimum Gasteiger partial charge on any atom is -0.454 e. The highest BCUT2D eigenvalue weighted by Crippen LogP contribution is 2.39. The van der Waals surface area contributed by atoms with E-state index in [1.165, 1.54) is 12.8 Å². The lowest BCUT2D eigenvalue weighted by atomic mass is 9.82. The van der Waals surface area contributed by atoms with Gasteiger partial charge < -0.3 is 19.3 Å². The van der Waals surface area contributed by atoms with Crippen LogP contribution in [0, 0.1) is 5.92 Å². The zero-order chi connectivity index (χ0) is 19.3. The molecule has 7 heteroatoms. The van der Waals surface area contributed by atoms with E-state index in [1.54, 1.807) is 18.2 Å². The monoisotopic (exact) mass is 385 g/mol. The molecule has 3 aliphatic heterocycles. The molecule has 28 heavy (non-hydrogen) atoms. The molecule has 1 spiro atoms. The number of hydrogen-bond donors (Lipinski definition) is 0. The molecule has 1 aromatic carbocycles. The summed E-state index contributed by atoms with van der Waals surface area (Å²) in [6.45, 7) is 4.17. The van der Waals surface area contributed by atoms with E-state index >= 15 is 0 Å². The molecule has 2 amide bonds. The quantitative estimate of drug-likeness (QED) is 0.791. The number of nitrogens with zero attached hydrogens (tertiary/aromatic N) is 3. The summed E-state index contributed by atoms with van der Waals surface area (Å²) in [5, 5.41) is 0. The fraction of sp³-hybridized carbons (Fsp3) is 0.619. The largest absolute Gasteiger partial charge is 0.454 e. The Morgan fingerprint density at radius 2 is 1.86 bits per heavy atom. The van der Waals surface area contributed by atoms with Crippen molar-refractivity contribution in [3.63, 3.8) is 0 Å². The summed E-state index contributed by atoms with van der Waals surface area (Å²) < 4.78 is 10.7. The molecule has 0 atom stereocenters. The maximum atomic E-state index is 13.1. The molecule has 0 radical (unpaired) electrons. The van der Waals surface area contributed by atoms with E-state index in [0.717, 1.165) is 25.6 Å². The topological polar surface area (TPSA) is 62.3 Å². The van der Waals surface area contributed by atoms with Crippen LogP contribution in [-0.4, -0.2) is 78.6 Å². The van der Waals surface area contributed by atoms with Gasteiger partial charge in [0.1, 0.15) is 5.54 Å². The van der Waals surface area contributed by atoms with Crippen LogP contribution < -0.4 is 9.47 Å². The van der Waals surface area contributed by atoms with Crippen molar-refractivity contribution in [1.29, 1.82) is 0 Å². The molecule has 150 valence electrons. The van der Waals surface area contributed by atoms with Gasteiger partial charge >= 0.3 is 0 Å². The first-order valence-electron chi connectivity index (χ1n) is 10.3. The number of carbonyl (C=O) groups excluding carboxylic acids is 2. The highest BCUT2D eigenvalue weighted by Gasteiger charge is 2.51. The lowest BCUT2D eigenvalue weighted by molar-refractivity contribution is -0.154. The lowest BCUT2D eigenvalue weighted by Crippen LogP contribution is -2.68. The van der Waals surface area contributed by atoms with Gasteiger partial charge in [0, 0.05) is 45.3 Å². The number of carbonyl (C=O) groups is 2. The summed E-state index contributed by atoms with van der Waals surface area (Å²) >= 11 is 0. The minimum absolute atomic E-state index is 0.00138. The number of likely N-dealkylation sites (tertiary alicyclic amines) is 1. The van der Waals surface area contributed by atoms with Crippen LogP contribution in [0.3, 0.4) is 0 Å². The number of amides is 2. The van der Waals surface area contributed by atoms with Crippen molar-refractivity contribution < 1.29 is 19.1 Å². The summed E-state index contributed by atoms with van der Waals surface area (Å²) in [6, 6.07) is 5.34. The molecule has 0 N–H and O–H groups in total. The Labute approximate surface area is 165 Å². The summed E-state index contributed by atoms with van der Waals surface area (Å²) in [6.07, 6.45) is 3.98. The van der Waals surface area contributed by atoms with Crippen LogP contribution in [0.4, 0.5) is 0 Å². The van der Waals surface area contributed by atoms with Crippen molar-refractivity contribution in [2.24, 2.45) is 5.92 Å². The maximum absolute atomic E-state index is 13.1. The van der Waals surface area contributed by atoms with Gasteiger partial charge in [-0.2, -0.15) is 0 Å². The smallest absolute Gasteiger partial charge is 0.253 e. The second kappa shape index (κ2) is 6.65. The SMILES string of the molecule is CN1CCN(CC2CC2)C2(CCN(C(=O)c3ccc4c(c3)OCO4)CC2)C1=O. The Hall–Kier alpha value is -2.28. The third-order valence-corrected chi connectivity index (χ3v) is 6.73. The minimum atomic E-state index is -0.429. The van der Waals surface area contributed by atoms with Crippen LogP contribution in [-0.2, 0) is 4.79 Å². The summed E-state index contributed by atoms with van der Waals surface area (Å²) in [7, 11) is 1.91. The van der Waals surface area contributed by atoms with E-state index < -0.39 is 5.54 Å². The average molecular weight is 385 g/mol. The standard InChI is InChI=1S/C21H27N3O4/c1-22-10-11-24(13-15-2-3-15)21(20(22)26)6-8-23(9-7-21)19(25)16-4-5-17-18(12-16)28-14-27-17/h4-5,12,15H,2-3,6-11,13-14H2,1H3. The van der Waals surface area contributed by atoms with Crippen molar-refractivity contribution in [3.05, 3.63) is 23.8 Å². The average Bonchev–Trinajstić information content (AvgIpc) is 3.42. The zero-order valence-electron chi connectivity index (χ0n) is 16.4. The molecule has 5 rings (SSSR count). The van der Waals surface area contributed by atoms with Crippen molar-refractivity contribution >= 4 is 11.8 Å². The molecule has 0 aromatic heterocycles. The summed E-state index contributed by atoms with van der Waals surface area (Å²) in [4.78, 5) is 32.3. The molecule has 4 aliphatic rings. The van der Waals surface area contributed by atoms with Gasteiger partial charge in [-0.1, -0.05) is 0 Å². The first-order valence-corrected chi connectivity index (χ1v) is 10.3. The zero-order valence-corrected chi connectivity index (χ0v) is 16.4. The predicted molar refractivity (Wildman–Crippen MR) is 102 cm³/mol. The van der Waals surface area contributed by atoms with Gasteiger partial charge in [0.05, 0.1) is 0 Å². The molecule has 1 aromatic rings. The molecule has 3 heterocycles. The second-order valence-electron chi connectivity index (χ2n) is 8.51. The van der Waals surface area contributed by atoms with Gasteiger partial charge in [-0.05, 0) is 49.8 Å². The number of ether oxygens (including phenoxy) is 2. The first-order chi connectivity index (χ1) is 13.6. The second-order valence-corrected chi connectivity index (χ2v) is 8.51. The molecular formula is C21H27N3O4. The fourth-order valence-electron chi connectivity index (χ4n) is 4.78. The van der Waals surface area contributed by atoms with E-state index in [1.807, 2.05) is 16.8 Å². The highest BCUT2D eigenvalue weighted by molar-refractivity contribution is 5.95. The number of likely N-dealkylation sites (N-methyl/N-ethyl adjacent to an activating group) is 1. The van der Waals surface area contributed by atoms with Crippen molar-refractivity contribution in [3.8, 4) is 11.5 Å². The number of piperidine rings is 1. The fourth-order valence-corrected chi connectivity index (χ4v) is 4.78. The number of hydrogen-bond acceptors (Lipinski definition) is 5. The Morgan fingerprint density at radius 3 is 2.61 bits per heavy atom. The Kier molecular flexibility index (Phi) is 4.23. The van der Waals surface area contributed by atoms with Crippen LogP contribution >= 0.6 is 0 Å². The Balaban J connectivity index is 1.31. The molecule has 2 saturated heterocycles. The van der Waals surface area contributed by atoms with Crippen LogP contribution in [0.5, 0.6) is 11.5 Å². The van der Waals surface area contributed by atoms with Gasteiger partial charge in [0.25, 0.3) is 5.91 Å². The lowest BCUT2D eigenvalue weighted by Gasteiger charge is -2.52. The molecule has 0 bridgehead atoms. The molecule has 0 unspecified atom stereocenters. The van der Waals surface area contributed by atoms with Gasteiger partial charge in [0.15, 0.2) is 11.5 Å². The van der Waals surface area contributed by atoms with E-state index in [-0.39, 0.29) is 18.6 Å². The first kappa shape index (κ1) is 17.8. The normalized spacial score (nSPS) is 24.1. The number of piperazine rings is 1. The molecular weight excluding hydrogens is 358 g/mol. The van der Waals surface area contributed by atoms with E-state index in [9.17, 15) is 9.59 Å². The van der Waals surface area contributed by atoms with Crippen molar-refractivity contribution in [2.45, 2.75) is 31.2 Å². The van der Waals surface area contributed by atoms with Gasteiger partial charge in [-0.3, -0.25) is 14.5 Å². The maximum Gasteiger partial charge on any atom is 0.253 e. The molecule has 1 aliphatic carbocycles. The van der Waals surface area contributed by atoms with Gasteiger partial charge in [-0.15, -0.1) is 0 Å². The molecule has 3 fully saturated rings. The Morgan fingerprint density at radius 1 is 1.11 bits per heavy atom. The highest BCUT2D eigenvalue weighted by atomic mass is 16.7. The third-order valence-electron chi connectivity index (χ3n) is 6.73. The van der Waals surface area contributed by atoms with Crippen molar-refractivity contribution in [1.82, 2.24) is 14.7 Å². The van der Waals surface area contributed by atoms with Crippen LogP contribution in [0.15, 0.2) is 18.2 Å². The van der Waals surface area contributed by atoms with E-state index in [2.05, 4.69) is 4.90 Å². The molecule has 7 nitrogen and oxygen atoms in total. The van der Waals surface area contributed by atoms with Gasteiger partial charge in [0.2, 0.25) is 12.7 Å². The number of fused-ring (bicyclic) bond motifs is 1. The van der Waals surface area contributed by atoms with Crippen LogP contribution in [0.1, 0.15) is 36.0 Å². The van der Waals surface area contributed by atoms with Crippen LogP contribution in [0.2, 0.25) is 0 Å². The van der Waals surface area contributed by atoms with E-state index in [0.29, 0.717) is 43.0 Å². The van der Waals surface area contributed by atoms with Crippen LogP contribution in [0.25, 0.3) is 0 Å². The Bertz CT molecular complexity index is 799. The summed E-state index contributed by atoms with van der Waals surface area (Å²) in [5.41, 5.74) is 0.184. The number of benzene rings is 1. The summed E-state index contributed by atoms with van der Waals surface area (Å²) in [5.74, 6) is 2.29. The van der Waals surface area contributed by atoms with Crippen molar-refractivity contribution in [2.75, 3.05) is 46.6 Å². The third kappa shape index (κ3) is 2.92. The predicted octanol–water partition coefficient (Wildman–Crippen LogP) is 1.57.